The SMILES string of the molecule is Cc1nn(CC(C)C)c(C)c1CC(=O)Nc1ccc(Oc2ccc(F)cc2)nc1. The molecule has 1 aromatic carbocycles. The summed E-state index contributed by atoms with van der Waals surface area (Å²) < 4.78 is 20.5. The molecule has 3 rings (SSSR count). The highest BCUT2D eigenvalue weighted by Gasteiger charge is 2.16. The van der Waals surface area contributed by atoms with Gasteiger partial charge < -0.3 is 10.1 Å². The fraction of sp³-hybridized carbons (Fsp3) is 0.318. The summed E-state index contributed by atoms with van der Waals surface area (Å²) in [4.78, 5) is 16.7. The molecule has 0 bridgehead atoms. The Kier molecular flexibility index (Phi) is 6.26. The smallest absolute Gasteiger partial charge is 0.228 e. The van der Waals surface area contributed by atoms with Crippen LogP contribution in [0.25, 0.3) is 0 Å². The second-order valence-electron chi connectivity index (χ2n) is 7.39. The van der Waals surface area contributed by atoms with Gasteiger partial charge in [-0.1, -0.05) is 13.8 Å². The van der Waals surface area contributed by atoms with Crippen molar-refractivity contribution in [2.45, 2.75) is 40.7 Å². The number of aromatic nitrogens is 3. The maximum atomic E-state index is 12.9. The van der Waals surface area contributed by atoms with Crippen LogP contribution in [0.5, 0.6) is 11.6 Å². The van der Waals surface area contributed by atoms with Gasteiger partial charge in [0.15, 0.2) is 0 Å². The monoisotopic (exact) mass is 396 g/mol. The molecular weight excluding hydrogens is 371 g/mol. The van der Waals surface area contributed by atoms with Crippen LogP contribution in [-0.2, 0) is 17.8 Å². The average molecular weight is 396 g/mol. The summed E-state index contributed by atoms with van der Waals surface area (Å²) in [6, 6.07) is 9.05. The number of carbonyl (C=O) groups is 1. The number of aryl methyl sites for hydroxylation is 1. The van der Waals surface area contributed by atoms with Gasteiger partial charge >= 0.3 is 0 Å². The predicted octanol–water partition coefficient (Wildman–Crippen LogP) is 4.66. The molecule has 152 valence electrons. The fourth-order valence-corrected chi connectivity index (χ4v) is 3.02. The Bertz CT molecular complexity index is 979. The number of nitrogens with one attached hydrogen (secondary N) is 1. The van der Waals surface area contributed by atoms with Gasteiger partial charge in [-0.15, -0.1) is 0 Å². The second-order valence-corrected chi connectivity index (χ2v) is 7.39. The van der Waals surface area contributed by atoms with E-state index in [4.69, 9.17) is 4.74 Å². The number of ether oxygens (including phenoxy) is 1. The van der Waals surface area contributed by atoms with Crippen LogP contribution in [0.15, 0.2) is 42.6 Å². The van der Waals surface area contributed by atoms with Crippen molar-refractivity contribution in [3.05, 3.63) is 65.4 Å². The van der Waals surface area contributed by atoms with Gasteiger partial charge in [0.05, 0.1) is 24.0 Å². The molecule has 1 N–H and O–H groups in total. The molecule has 6 nitrogen and oxygen atoms in total. The Morgan fingerprint density at radius 3 is 2.52 bits per heavy atom. The Morgan fingerprint density at radius 2 is 1.90 bits per heavy atom. The Balaban J connectivity index is 1.61. The highest BCUT2D eigenvalue weighted by atomic mass is 19.1. The number of nitrogens with zero attached hydrogens (tertiary/aromatic N) is 3. The summed E-state index contributed by atoms with van der Waals surface area (Å²) in [5, 5.41) is 7.40. The van der Waals surface area contributed by atoms with Gasteiger partial charge in [-0.3, -0.25) is 9.48 Å². The van der Waals surface area contributed by atoms with Crippen molar-refractivity contribution in [3.8, 4) is 11.6 Å². The van der Waals surface area contributed by atoms with Crippen LogP contribution >= 0.6 is 0 Å². The lowest BCUT2D eigenvalue weighted by atomic mass is 10.1. The molecule has 2 heterocycles. The minimum atomic E-state index is -0.330. The molecule has 7 heteroatoms. The van der Waals surface area contributed by atoms with Crippen molar-refractivity contribution < 1.29 is 13.9 Å². The molecule has 0 aliphatic heterocycles. The van der Waals surface area contributed by atoms with Crippen LogP contribution in [0, 0.1) is 25.6 Å². The first-order chi connectivity index (χ1) is 13.8. The molecule has 0 unspecified atom stereocenters. The van der Waals surface area contributed by atoms with E-state index in [1.54, 1.807) is 12.1 Å². The van der Waals surface area contributed by atoms with E-state index in [1.165, 1.54) is 30.5 Å². The van der Waals surface area contributed by atoms with Crippen LogP contribution in [0.2, 0.25) is 0 Å². The van der Waals surface area contributed by atoms with Gasteiger partial charge in [0.25, 0.3) is 0 Å². The van der Waals surface area contributed by atoms with Gasteiger partial charge in [-0.05, 0) is 50.1 Å². The van der Waals surface area contributed by atoms with Crippen molar-refractivity contribution in [1.29, 1.82) is 0 Å². The number of hydrogen-bond donors (Lipinski definition) is 1. The zero-order valence-electron chi connectivity index (χ0n) is 17.1. The van der Waals surface area contributed by atoms with Gasteiger partial charge in [0.2, 0.25) is 11.8 Å². The lowest BCUT2D eigenvalue weighted by Crippen LogP contribution is -2.15. The van der Waals surface area contributed by atoms with Crippen molar-refractivity contribution in [2.24, 2.45) is 5.92 Å². The Labute approximate surface area is 169 Å². The third-order valence-electron chi connectivity index (χ3n) is 4.46. The van der Waals surface area contributed by atoms with E-state index in [1.807, 2.05) is 18.5 Å². The topological polar surface area (TPSA) is 69.0 Å². The van der Waals surface area contributed by atoms with Crippen LogP contribution in [-0.4, -0.2) is 20.7 Å². The van der Waals surface area contributed by atoms with Crippen LogP contribution < -0.4 is 10.1 Å². The second kappa shape index (κ2) is 8.86. The number of hydrogen-bond acceptors (Lipinski definition) is 4. The molecule has 3 aromatic rings. The summed E-state index contributed by atoms with van der Waals surface area (Å²) in [6.45, 7) is 9.02. The Morgan fingerprint density at radius 1 is 1.17 bits per heavy atom. The fourth-order valence-electron chi connectivity index (χ4n) is 3.02. The van der Waals surface area contributed by atoms with Crippen LogP contribution in [0.1, 0.15) is 30.8 Å². The molecule has 0 saturated heterocycles. The summed E-state index contributed by atoms with van der Waals surface area (Å²) >= 11 is 0. The number of amides is 1. The van der Waals surface area contributed by atoms with Gasteiger partial charge in [0.1, 0.15) is 11.6 Å². The first-order valence-electron chi connectivity index (χ1n) is 9.54. The highest BCUT2D eigenvalue weighted by molar-refractivity contribution is 5.92. The van der Waals surface area contributed by atoms with Crippen molar-refractivity contribution in [2.75, 3.05) is 5.32 Å². The summed E-state index contributed by atoms with van der Waals surface area (Å²) in [5.74, 6) is 0.866. The highest BCUT2D eigenvalue weighted by Crippen LogP contribution is 2.21. The zero-order chi connectivity index (χ0) is 21.0. The molecule has 0 fully saturated rings. The van der Waals surface area contributed by atoms with Gasteiger partial charge in [0, 0.05) is 23.9 Å². The summed E-state index contributed by atoms with van der Waals surface area (Å²) in [6.07, 6.45) is 1.78. The van der Waals surface area contributed by atoms with Crippen molar-refractivity contribution in [3.63, 3.8) is 0 Å². The third kappa shape index (κ3) is 5.40. The molecule has 0 spiro atoms. The number of benzene rings is 1. The minimum Gasteiger partial charge on any atom is -0.439 e. The molecule has 0 aliphatic rings. The summed E-state index contributed by atoms with van der Waals surface area (Å²) in [7, 11) is 0. The molecule has 0 aliphatic carbocycles. The molecule has 0 radical (unpaired) electrons. The van der Waals surface area contributed by atoms with E-state index in [2.05, 4.69) is 29.2 Å². The quantitative estimate of drug-likeness (QED) is 0.630. The molecular formula is C22H25FN4O2. The van der Waals surface area contributed by atoms with E-state index in [0.717, 1.165) is 23.5 Å². The van der Waals surface area contributed by atoms with Crippen LogP contribution in [0.4, 0.5) is 10.1 Å². The predicted molar refractivity (Wildman–Crippen MR) is 110 cm³/mol. The number of rotatable bonds is 7. The first-order valence-corrected chi connectivity index (χ1v) is 9.54. The number of halogens is 1. The van der Waals surface area contributed by atoms with Crippen molar-refractivity contribution in [1.82, 2.24) is 14.8 Å². The molecule has 2 aromatic heterocycles. The van der Waals surface area contributed by atoms with E-state index in [0.29, 0.717) is 23.2 Å². The molecule has 29 heavy (non-hydrogen) atoms. The van der Waals surface area contributed by atoms with Crippen molar-refractivity contribution >= 4 is 11.6 Å². The molecule has 0 atom stereocenters. The largest absolute Gasteiger partial charge is 0.439 e. The first kappa shape index (κ1) is 20.5. The van der Waals surface area contributed by atoms with Crippen LogP contribution in [0.3, 0.4) is 0 Å². The van der Waals surface area contributed by atoms with E-state index in [-0.39, 0.29) is 18.1 Å². The van der Waals surface area contributed by atoms with Gasteiger partial charge in [-0.25, -0.2) is 9.37 Å². The molecule has 0 saturated carbocycles. The number of pyridine rings is 1. The standard InChI is InChI=1S/C22H25FN4O2/c1-14(2)13-27-16(4)20(15(3)26-27)11-21(28)25-18-7-10-22(24-12-18)29-19-8-5-17(23)6-9-19/h5-10,12,14H,11,13H2,1-4H3,(H,25,28). The molecule has 1 amide bonds. The Hall–Kier alpha value is -3.22. The zero-order valence-corrected chi connectivity index (χ0v) is 17.1. The van der Waals surface area contributed by atoms with E-state index >= 15 is 0 Å². The third-order valence-corrected chi connectivity index (χ3v) is 4.46. The number of anilines is 1. The van der Waals surface area contributed by atoms with E-state index < -0.39 is 0 Å². The van der Waals surface area contributed by atoms with Gasteiger partial charge in [-0.2, -0.15) is 5.10 Å². The maximum absolute atomic E-state index is 12.9. The lowest BCUT2D eigenvalue weighted by Gasteiger charge is -2.09. The normalized spacial score (nSPS) is 11.0. The minimum absolute atomic E-state index is 0.130. The maximum Gasteiger partial charge on any atom is 0.228 e. The van der Waals surface area contributed by atoms with E-state index in [9.17, 15) is 9.18 Å². The lowest BCUT2D eigenvalue weighted by molar-refractivity contribution is -0.115. The summed E-state index contributed by atoms with van der Waals surface area (Å²) in [5.41, 5.74) is 3.42. The average Bonchev–Trinajstić information content (AvgIpc) is 2.92. The number of carbonyl (C=O) groups excluding carboxylic acids is 1.